The Labute approximate surface area is 415 Å². The van der Waals surface area contributed by atoms with Crippen molar-refractivity contribution in [1.29, 1.82) is 0 Å². The number of methoxy groups -OCH3 is 6. The molecule has 0 spiro atoms. The van der Waals surface area contributed by atoms with E-state index in [2.05, 4.69) is 20.7 Å². The second-order valence-electron chi connectivity index (χ2n) is 15.8. The number of carbonyl (C=O) groups excluding carboxylic acids is 1. The van der Waals surface area contributed by atoms with E-state index in [0.29, 0.717) is 55.2 Å². The van der Waals surface area contributed by atoms with Gasteiger partial charge in [0, 0.05) is 54.8 Å². The summed E-state index contributed by atoms with van der Waals surface area (Å²) in [5, 5.41) is 18.5. The molecule has 4 unspecified atom stereocenters. The van der Waals surface area contributed by atoms with Crippen LogP contribution < -0.4 is 44.9 Å². The topological polar surface area (TPSA) is 240 Å². The van der Waals surface area contributed by atoms with Gasteiger partial charge in [-0.1, -0.05) is 12.1 Å². The molecule has 388 valence electrons. The molecule has 4 aromatic carbocycles. The number of aliphatic imine (C=N–C) groups is 1. The Morgan fingerprint density at radius 2 is 1.11 bits per heavy atom. The third kappa shape index (κ3) is 17.2. The number of nitrogens with two attached hydrogens (primary N) is 1. The standard InChI is InChI=1S/C26H34N2O7.C13H20N2O3.C12H15NO5/c1-17-6-7-19(25(18(17)2)35-16-33-11-10-30-3)13-27-14-23(29)22-15-34-26(28-22)21-9-8-20(31-4)12-24(21)32-5;1-10-4-5-12(8-15-14)13(11(10)2)18-9-17-7-6-16-3;1-16-7-3-4-8(10(5-7)17-2)11-13-9(6-18-11)12(14)15/h6-9,12-13,22,26,28H,10-11,14-16H2,1-5H3;4-5,8H,6-7,9,14H2,1-3H3;3-5,9,11,13H,6H2,1-2H3,(H,14,15)/b;15-8+;. The minimum absolute atomic E-state index is 0.0181. The van der Waals surface area contributed by atoms with E-state index in [4.69, 9.17) is 67.8 Å². The number of hydrogen-bond acceptors (Lipinski definition) is 19. The Morgan fingerprint density at radius 1 is 0.648 bits per heavy atom. The first-order chi connectivity index (χ1) is 34.3. The lowest BCUT2D eigenvalue weighted by atomic mass is 10.0. The van der Waals surface area contributed by atoms with Crippen molar-refractivity contribution in [2.45, 2.75) is 52.2 Å². The lowest BCUT2D eigenvalue weighted by Crippen LogP contribution is -2.35. The van der Waals surface area contributed by atoms with Crippen molar-refractivity contribution in [1.82, 2.24) is 10.6 Å². The van der Waals surface area contributed by atoms with Crippen LogP contribution in [0.4, 0.5) is 0 Å². The molecular weight excluding hydrogens is 923 g/mol. The summed E-state index contributed by atoms with van der Waals surface area (Å²) in [5.74, 6) is 8.20. The number of ketones is 1. The van der Waals surface area contributed by atoms with Crippen molar-refractivity contribution < 1.29 is 71.5 Å². The molecule has 0 saturated carbocycles. The van der Waals surface area contributed by atoms with Crippen molar-refractivity contribution in [3.8, 4) is 34.5 Å². The van der Waals surface area contributed by atoms with Gasteiger partial charge in [-0.05, 0) is 86.3 Å². The molecule has 4 aromatic rings. The Balaban J connectivity index is 0.000000255. The predicted molar refractivity (Wildman–Crippen MR) is 266 cm³/mol. The van der Waals surface area contributed by atoms with Gasteiger partial charge in [0.1, 0.15) is 53.0 Å². The van der Waals surface area contributed by atoms with E-state index in [-0.39, 0.29) is 39.1 Å². The summed E-state index contributed by atoms with van der Waals surface area (Å²) in [6.45, 7) is 10.7. The molecule has 0 amide bonds. The van der Waals surface area contributed by atoms with E-state index in [1.807, 2.05) is 64.1 Å². The molecule has 20 heteroatoms. The van der Waals surface area contributed by atoms with Gasteiger partial charge < -0.3 is 67.8 Å². The predicted octanol–water partition coefficient (Wildman–Crippen LogP) is 5.37. The smallest absolute Gasteiger partial charge is 0.323 e. The zero-order chi connectivity index (χ0) is 51.7. The third-order valence-corrected chi connectivity index (χ3v) is 11.2. The monoisotopic (exact) mass is 991 g/mol. The summed E-state index contributed by atoms with van der Waals surface area (Å²) in [5.41, 5.74) is 7.48. The molecule has 4 atom stereocenters. The van der Waals surface area contributed by atoms with E-state index in [1.54, 1.807) is 79.4 Å². The zero-order valence-corrected chi connectivity index (χ0v) is 42.2. The zero-order valence-electron chi connectivity index (χ0n) is 42.2. The van der Waals surface area contributed by atoms with E-state index in [9.17, 15) is 9.59 Å². The molecule has 0 bridgehead atoms. The van der Waals surface area contributed by atoms with Gasteiger partial charge in [0.25, 0.3) is 0 Å². The second kappa shape index (κ2) is 30.4. The fourth-order valence-electron chi connectivity index (χ4n) is 6.94. The molecule has 0 aromatic heterocycles. The molecular formula is C51H69N5O15. The van der Waals surface area contributed by atoms with Gasteiger partial charge >= 0.3 is 5.97 Å². The third-order valence-electron chi connectivity index (χ3n) is 11.2. The van der Waals surface area contributed by atoms with Crippen LogP contribution in [0.25, 0.3) is 0 Å². The van der Waals surface area contributed by atoms with Crippen molar-refractivity contribution >= 4 is 24.2 Å². The minimum Gasteiger partial charge on any atom is -0.497 e. The number of aryl methyl sites for hydroxylation is 2. The van der Waals surface area contributed by atoms with Crippen LogP contribution in [0.5, 0.6) is 34.5 Å². The highest BCUT2D eigenvalue weighted by atomic mass is 16.7. The lowest BCUT2D eigenvalue weighted by molar-refractivity contribution is -0.139. The number of hydrogen-bond donors (Lipinski definition) is 4. The molecule has 0 aliphatic carbocycles. The number of ether oxygens (including phenoxy) is 12. The van der Waals surface area contributed by atoms with Crippen LogP contribution in [-0.4, -0.2) is 144 Å². The number of carbonyl (C=O) groups is 2. The van der Waals surface area contributed by atoms with Crippen molar-refractivity contribution in [3.05, 3.63) is 105 Å². The highest BCUT2D eigenvalue weighted by Gasteiger charge is 2.33. The number of carboxylic acid groups (broad SMARTS) is 1. The summed E-state index contributed by atoms with van der Waals surface area (Å²) >= 11 is 0. The molecule has 2 aliphatic rings. The molecule has 2 heterocycles. The largest absolute Gasteiger partial charge is 0.497 e. The van der Waals surface area contributed by atoms with Crippen LogP contribution >= 0.6 is 0 Å². The van der Waals surface area contributed by atoms with Gasteiger partial charge in [-0.3, -0.25) is 25.2 Å². The van der Waals surface area contributed by atoms with Gasteiger partial charge in [-0.2, -0.15) is 5.10 Å². The number of rotatable bonds is 24. The van der Waals surface area contributed by atoms with Crippen LogP contribution in [0.1, 0.15) is 57.0 Å². The Morgan fingerprint density at radius 3 is 1.54 bits per heavy atom. The maximum Gasteiger partial charge on any atom is 0.323 e. The van der Waals surface area contributed by atoms with E-state index >= 15 is 0 Å². The summed E-state index contributed by atoms with van der Waals surface area (Å²) in [7, 11) is 9.54. The molecule has 6 rings (SSSR count). The summed E-state index contributed by atoms with van der Waals surface area (Å²) in [4.78, 5) is 28.0. The maximum absolute atomic E-state index is 12.8. The van der Waals surface area contributed by atoms with Crippen molar-refractivity contribution in [2.75, 3.05) is 102 Å². The van der Waals surface area contributed by atoms with Crippen LogP contribution in [0, 0.1) is 27.7 Å². The normalized spacial score (nSPS) is 17.3. The quantitative estimate of drug-likeness (QED) is 0.0227. The van der Waals surface area contributed by atoms with Crippen LogP contribution in [0.15, 0.2) is 70.8 Å². The highest BCUT2D eigenvalue weighted by Crippen LogP contribution is 2.34. The number of benzene rings is 4. The summed E-state index contributed by atoms with van der Waals surface area (Å²) < 4.78 is 64.3. The van der Waals surface area contributed by atoms with E-state index < -0.39 is 30.5 Å². The Hall–Kier alpha value is -6.36. The van der Waals surface area contributed by atoms with Crippen LogP contribution in [0.2, 0.25) is 0 Å². The summed E-state index contributed by atoms with van der Waals surface area (Å²) in [6, 6.07) is 17.5. The average molecular weight is 992 g/mol. The molecule has 5 N–H and O–H groups in total. The number of nitrogens with zero attached hydrogens (tertiary/aromatic N) is 2. The fraction of sp³-hybridized carbons (Fsp3) is 0.451. The first kappa shape index (κ1) is 57.2. The summed E-state index contributed by atoms with van der Waals surface area (Å²) in [6.07, 6.45) is 2.30. The molecule has 71 heavy (non-hydrogen) atoms. The molecule has 20 nitrogen and oxygen atoms in total. The van der Waals surface area contributed by atoms with Gasteiger partial charge in [-0.25, -0.2) is 0 Å². The maximum atomic E-state index is 12.8. The lowest BCUT2D eigenvalue weighted by Gasteiger charge is -2.16. The SMILES string of the molecule is COCCOCOc1c(/C=N/N)ccc(C)c1C.COCCOCOc1c(C=NCC(=O)C2COC(c3ccc(OC)cc3OC)N2)ccc(C)c1C.COc1ccc(C2NC(C(=O)O)CO2)c(OC)c1. The first-order valence-corrected chi connectivity index (χ1v) is 22.6. The number of hydrazone groups is 1. The molecule has 2 saturated heterocycles. The second-order valence-corrected chi connectivity index (χ2v) is 15.8. The number of nitrogens with one attached hydrogen (secondary N) is 2. The van der Waals surface area contributed by atoms with E-state index in [0.717, 1.165) is 50.3 Å². The number of carboxylic acids is 1. The van der Waals surface area contributed by atoms with Gasteiger partial charge in [0.2, 0.25) is 0 Å². The number of Topliss-reactive ketones (excluding diaryl/α,β-unsaturated/α-hetero) is 1. The molecule has 2 aliphatic heterocycles. The number of aliphatic carboxylic acids is 1. The molecule has 2 fully saturated rings. The van der Waals surface area contributed by atoms with Crippen LogP contribution in [0.3, 0.4) is 0 Å². The molecule has 0 radical (unpaired) electrons. The van der Waals surface area contributed by atoms with E-state index in [1.165, 1.54) is 0 Å². The van der Waals surface area contributed by atoms with Crippen LogP contribution in [-0.2, 0) is 38.0 Å². The minimum atomic E-state index is -0.926. The first-order valence-electron chi connectivity index (χ1n) is 22.6. The average Bonchev–Trinajstić information content (AvgIpc) is 4.09. The van der Waals surface area contributed by atoms with Gasteiger partial charge in [0.15, 0.2) is 19.4 Å². The van der Waals surface area contributed by atoms with Crippen molar-refractivity contribution in [3.63, 3.8) is 0 Å². The fourth-order valence-corrected chi connectivity index (χ4v) is 6.94. The van der Waals surface area contributed by atoms with Crippen molar-refractivity contribution in [2.24, 2.45) is 15.9 Å². The van der Waals surface area contributed by atoms with Gasteiger partial charge in [0.05, 0.1) is 86.9 Å². The van der Waals surface area contributed by atoms with Gasteiger partial charge in [-0.15, -0.1) is 0 Å². The Bertz CT molecular complexity index is 2360. The highest BCUT2D eigenvalue weighted by molar-refractivity contribution is 5.90. The Kier molecular flexibility index (Phi) is 24.5.